The first kappa shape index (κ1) is 22.1. The van der Waals surface area contributed by atoms with Gasteiger partial charge < -0.3 is 20.7 Å². The zero-order valence-corrected chi connectivity index (χ0v) is 17.3. The van der Waals surface area contributed by atoms with Gasteiger partial charge in [-0.25, -0.2) is 13.2 Å². The van der Waals surface area contributed by atoms with Crippen LogP contribution in [0.3, 0.4) is 0 Å². The smallest absolute Gasteiger partial charge is 0.254 e. The fourth-order valence-corrected chi connectivity index (χ4v) is 5.38. The Labute approximate surface area is 178 Å². The average molecular weight is 453 g/mol. The molecule has 4 aliphatic carbocycles. The lowest BCUT2D eigenvalue weighted by atomic mass is 9.39. The van der Waals surface area contributed by atoms with Crippen LogP contribution in [-0.2, 0) is 14.3 Å². The number of alkyl halides is 4. The summed E-state index contributed by atoms with van der Waals surface area (Å²) >= 11 is 5.85. The summed E-state index contributed by atoms with van der Waals surface area (Å²) in [7, 11) is 0. The van der Waals surface area contributed by atoms with E-state index in [1.807, 2.05) is 0 Å². The predicted molar refractivity (Wildman–Crippen MR) is 103 cm³/mol. The molecule has 1 heterocycles. The normalized spacial score (nSPS) is 42.8. The molecule has 5 atom stereocenters. The molecule has 7 nitrogen and oxygen atoms in total. The van der Waals surface area contributed by atoms with Gasteiger partial charge in [0.2, 0.25) is 11.8 Å². The number of amides is 2. The van der Waals surface area contributed by atoms with E-state index in [2.05, 4.69) is 21.3 Å². The summed E-state index contributed by atoms with van der Waals surface area (Å²) in [6.07, 6.45) is -1.20. The maximum absolute atomic E-state index is 13.6. The highest BCUT2D eigenvalue weighted by molar-refractivity contribution is 6.21. The van der Waals surface area contributed by atoms with Crippen molar-refractivity contribution in [3.8, 4) is 0 Å². The Hall–Kier alpha value is -1.10. The van der Waals surface area contributed by atoms with E-state index in [1.54, 1.807) is 0 Å². The standard InChI is InChI=1S/C19H28ClF3N4O3/c20-11-2-1-10(3-12(11)21)30-6-15(28)27-19-7-18(8-19,9-19)17(29)26-14-5-24-13(4-25-14)16(22)23/h10-14,16,24-25H,1-9H2,(H,26,29)(H,27,28). The first-order valence-corrected chi connectivity index (χ1v) is 10.9. The molecule has 30 heavy (non-hydrogen) atoms. The van der Waals surface area contributed by atoms with Gasteiger partial charge in [0.25, 0.3) is 6.43 Å². The number of rotatable bonds is 7. The SMILES string of the molecule is O=C(COC1CCC(Cl)C(F)C1)NC12CC(C(=O)NC3CNC(C(F)F)CN3)(C1)C2. The van der Waals surface area contributed by atoms with Crippen molar-refractivity contribution in [2.75, 3.05) is 19.7 Å². The molecule has 5 fully saturated rings. The number of carbonyl (C=O) groups is 2. The molecule has 4 saturated carbocycles. The minimum atomic E-state index is -2.45. The number of ether oxygens (including phenoxy) is 1. The van der Waals surface area contributed by atoms with E-state index in [4.69, 9.17) is 16.3 Å². The third kappa shape index (κ3) is 4.42. The third-order valence-corrected chi connectivity index (χ3v) is 7.28. The topological polar surface area (TPSA) is 91.5 Å². The zero-order valence-electron chi connectivity index (χ0n) is 16.6. The molecule has 2 amide bonds. The summed E-state index contributed by atoms with van der Waals surface area (Å²) in [6.45, 7) is 0.195. The first-order chi connectivity index (χ1) is 14.2. The summed E-state index contributed by atoms with van der Waals surface area (Å²) in [5, 5.41) is 11.0. The van der Waals surface area contributed by atoms with Crippen molar-refractivity contribution in [1.82, 2.24) is 21.3 Å². The maximum Gasteiger partial charge on any atom is 0.254 e. The summed E-state index contributed by atoms with van der Waals surface area (Å²) in [4.78, 5) is 24.8. The van der Waals surface area contributed by atoms with Gasteiger partial charge in [0.05, 0.1) is 29.1 Å². The van der Waals surface area contributed by atoms with Gasteiger partial charge in [-0.05, 0) is 32.1 Å². The van der Waals surface area contributed by atoms with Gasteiger partial charge in [-0.3, -0.25) is 14.9 Å². The zero-order chi connectivity index (χ0) is 21.5. The molecule has 1 saturated heterocycles. The molecular formula is C19H28ClF3N4O3. The third-order valence-electron chi connectivity index (χ3n) is 6.79. The minimum absolute atomic E-state index is 0.0886. The Balaban J connectivity index is 1.14. The lowest BCUT2D eigenvalue weighted by molar-refractivity contribution is -0.185. The molecule has 170 valence electrons. The van der Waals surface area contributed by atoms with E-state index in [-0.39, 0.29) is 55.7 Å². The van der Waals surface area contributed by atoms with E-state index >= 15 is 0 Å². The van der Waals surface area contributed by atoms with Crippen LogP contribution in [-0.4, -0.2) is 73.3 Å². The Morgan fingerprint density at radius 3 is 2.50 bits per heavy atom. The molecule has 0 aromatic carbocycles. The number of hydrogen-bond acceptors (Lipinski definition) is 5. The Morgan fingerprint density at radius 1 is 1.17 bits per heavy atom. The van der Waals surface area contributed by atoms with Gasteiger partial charge in [0.15, 0.2) is 0 Å². The van der Waals surface area contributed by atoms with Crippen molar-refractivity contribution >= 4 is 23.4 Å². The molecule has 5 aliphatic rings. The lowest BCUT2D eigenvalue weighted by Gasteiger charge is -2.69. The van der Waals surface area contributed by atoms with Gasteiger partial charge in [-0.15, -0.1) is 11.6 Å². The fraction of sp³-hybridized carbons (Fsp3) is 0.895. The summed E-state index contributed by atoms with van der Waals surface area (Å²) in [6, 6.07) is -0.908. The highest BCUT2D eigenvalue weighted by Crippen LogP contribution is 2.67. The molecule has 5 rings (SSSR count). The molecule has 1 aliphatic heterocycles. The second kappa shape index (κ2) is 8.44. The van der Waals surface area contributed by atoms with Gasteiger partial charge in [0, 0.05) is 25.0 Å². The number of nitrogens with one attached hydrogen (secondary N) is 4. The summed E-state index contributed by atoms with van der Waals surface area (Å²) < 4.78 is 44.5. The first-order valence-electron chi connectivity index (χ1n) is 10.5. The van der Waals surface area contributed by atoms with E-state index in [0.717, 1.165) is 0 Å². The van der Waals surface area contributed by atoms with E-state index in [0.29, 0.717) is 32.1 Å². The van der Waals surface area contributed by atoms with Crippen LogP contribution in [0.15, 0.2) is 0 Å². The fourth-order valence-electron chi connectivity index (χ4n) is 5.16. The lowest BCUT2D eigenvalue weighted by Crippen LogP contribution is -2.79. The minimum Gasteiger partial charge on any atom is -0.368 e. The molecule has 4 N–H and O–H groups in total. The van der Waals surface area contributed by atoms with Crippen LogP contribution in [0, 0.1) is 5.41 Å². The quantitative estimate of drug-likeness (QED) is 0.429. The number of carbonyl (C=O) groups excluding carboxylic acids is 2. The Morgan fingerprint density at radius 2 is 1.90 bits per heavy atom. The number of halogens is 4. The highest BCUT2D eigenvalue weighted by Gasteiger charge is 2.72. The largest absolute Gasteiger partial charge is 0.368 e. The van der Waals surface area contributed by atoms with Crippen LogP contribution in [0.2, 0.25) is 0 Å². The molecule has 0 spiro atoms. The summed E-state index contributed by atoms with van der Waals surface area (Å²) in [5.41, 5.74) is -0.858. The number of hydrogen-bond donors (Lipinski definition) is 4. The van der Waals surface area contributed by atoms with E-state index in [1.165, 1.54) is 0 Å². The maximum atomic E-state index is 13.6. The van der Waals surface area contributed by atoms with E-state index in [9.17, 15) is 22.8 Å². The van der Waals surface area contributed by atoms with Crippen LogP contribution in [0.4, 0.5) is 13.2 Å². The monoisotopic (exact) mass is 452 g/mol. The molecule has 2 bridgehead atoms. The van der Waals surface area contributed by atoms with E-state index < -0.39 is 29.4 Å². The Bertz CT molecular complexity index is 658. The van der Waals surface area contributed by atoms with Crippen molar-refractivity contribution in [2.45, 2.75) is 80.3 Å². The van der Waals surface area contributed by atoms with Crippen LogP contribution >= 0.6 is 11.6 Å². The average Bonchev–Trinajstić information content (AvgIpc) is 2.64. The van der Waals surface area contributed by atoms with Gasteiger partial charge in [0.1, 0.15) is 12.8 Å². The second-order valence-corrected chi connectivity index (χ2v) is 9.76. The molecule has 0 radical (unpaired) electrons. The van der Waals surface area contributed by atoms with Crippen molar-refractivity contribution in [3.63, 3.8) is 0 Å². The van der Waals surface area contributed by atoms with Crippen LogP contribution in [0.25, 0.3) is 0 Å². The van der Waals surface area contributed by atoms with Crippen molar-refractivity contribution in [1.29, 1.82) is 0 Å². The van der Waals surface area contributed by atoms with Crippen molar-refractivity contribution in [2.24, 2.45) is 5.41 Å². The molecule has 0 aromatic rings. The summed E-state index contributed by atoms with van der Waals surface area (Å²) in [5.74, 6) is -0.375. The van der Waals surface area contributed by atoms with Gasteiger partial charge in [-0.1, -0.05) is 0 Å². The molecule has 11 heteroatoms. The predicted octanol–water partition coefficient (Wildman–Crippen LogP) is 0.809. The highest BCUT2D eigenvalue weighted by atomic mass is 35.5. The van der Waals surface area contributed by atoms with Crippen LogP contribution in [0.5, 0.6) is 0 Å². The molecular weight excluding hydrogens is 425 g/mol. The van der Waals surface area contributed by atoms with Crippen molar-refractivity contribution < 1.29 is 27.5 Å². The van der Waals surface area contributed by atoms with Crippen molar-refractivity contribution in [3.05, 3.63) is 0 Å². The van der Waals surface area contributed by atoms with Gasteiger partial charge >= 0.3 is 0 Å². The second-order valence-electron chi connectivity index (χ2n) is 9.20. The number of piperazine rings is 1. The van der Waals surface area contributed by atoms with Crippen LogP contribution < -0.4 is 21.3 Å². The van der Waals surface area contributed by atoms with Crippen LogP contribution in [0.1, 0.15) is 38.5 Å². The van der Waals surface area contributed by atoms with Gasteiger partial charge in [-0.2, -0.15) is 0 Å². The molecule has 0 aromatic heterocycles. The Kier molecular flexibility index (Phi) is 6.22. The molecule has 5 unspecified atom stereocenters.